The fourth-order valence-corrected chi connectivity index (χ4v) is 4.48. The molecule has 3 rings (SSSR count). The second-order valence-corrected chi connectivity index (χ2v) is 9.38. The van der Waals surface area contributed by atoms with Crippen molar-refractivity contribution >= 4 is 39.4 Å². The second kappa shape index (κ2) is 10.8. The average Bonchev–Trinajstić information content (AvgIpc) is 2.83. The van der Waals surface area contributed by atoms with Crippen LogP contribution in [0.3, 0.4) is 0 Å². The minimum absolute atomic E-state index is 0.0893. The molecule has 3 aromatic carbocycles. The number of alkyl halides is 3. The van der Waals surface area contributed by atoms with Gasteiger partial charge in [0.1, 0.15) is 12.3 Å². The van der Waals surface area contributed by atoms with Gasteiger partial charge in [-0.1, -0.05) is 23.7 Å². The Hall–Kier alpha value is -3.57. The van der Waals surface area contributed by atoms with Gasteiger partial charge < -0.3 is 4.74 Å². The summed E-state index contributed by atoms with van der Waals surface area (Å²) in [5.74, 6) is -0.371. The number of hydrogen-bond donors (Lipinski definition) is 1. The molecule has 12 heteroatoms. The van der Waals surface area contributed by atoms with Crippen molar-refractivity contribution in [3.63, 3.8) is 0 Å². The SMILES string of the molecule is COc1ccc(S(=O)(=O)N(CC(=O)N/N=C\c2cccc(C(F)(F)F)c2)c2ccc(Cl)cc2)cc1. The zero-order valence-corrected chi connectivity index (χ0v) is 19.7. The molecule has 0 saturated heterocycles. The van der Waals surface area contributed by atoms with Gasteiger partial charge in [-0.2, -0.15) is 18.3 Å². The lowest BCUT2D eigenvalue weighted by Crippen LogP contribution is -2.39. The Balaban J connectivity index is 1.82. The zero-order valence-electron chi connectivity index (χ0n) is 18.2. The molecule has 0 bridgehead atoms. The van der Waals surface area contributed by atoms with Gasteiger partial charge in [0, 0.05) is 5.02 Å². The van der Waals surface area contributed by atoms with Crippen LogP contribution in [0, 0.1) is 0 Å². The third-order valence-corrected chi connectivity index (χ3v) is 6.71. The van der Waals surface area contributed by atoms with E-state index < -0.39 is 34.2 Å². The average molecular weight is 526 g/mol. The highest BCUT2D eigenvalue weighted by atomic mass is 35.5. The quantitative estimate of drug-likeness (QED) is 0.341. The molecule has 0 aliphatic heterocycles. The maximum Gasteiger partial charge on any atom is 0.416 e. The molecule has 0 heterocycles. The standard InChI is InChI=1S/C23H19ClF3N3O4S/c1-34-20-9-11-21(12-10-20)35(32,33)30(19-7-5-18(24)6-8-19)15-22(31)29-28-14-16-3-2-4-17(13-16)23(25,26)27/h2-14H,15H2,1H3,(H,29,31)/b28-14-. The molecular formula is C23H19ClF3N3O4S. The number of methoxy groups -OCH3 is 1. The summed E-state index contributed by atoms with van der Waals surface area (Å²) in [6, 6.07) is 15.8. The minimum Gasteiger partial charge on any atom is -0.497 e. The molecule has 0 spiro atoms. The number of hydrazone groups is 1. The van der Waals surface area contributed by atoms with Crippen molar-refractivity contribution < 1.29 is 31.1 Å². The Kier molecular flexibility index (Phi) is 8.03. The fourth-order valence-electron chi connectivity index (χ4n) is 2.94. The van der Waals surface area contributed by atoms with Crippen LogP contribution in [-0.4, -0.2) is 34.2 Å². The summed E-state index contributed by atoms with van der Waals surface area (Å²) < 4.78 is 71.1. The highest BCUT2D eigenvalue weighted by molar-refractivity contribution is 7.92. The van der Waals surface area contributed by atoms with E-state index in [0.29, 0.717) is 10.8 Å². The topological polar surface area (TPSA) is 88.1 Å². The smallest absolute Gasteiger partial charge is 0.416 e. The Morgan fingerprint density at radius 3 is 2.34 bits per heavy atom. The summed E-state index contributed by atoms with van der Waals surface area (Å²) in [4.78, 5) is 12.4. The minimum atomic E-state index is -4.53. The van der Waals surface area contributed by atoms with Gasteiger partial charge in [-0.25, -0.2) is 13.8 Å². The molecule has 7 nitrogen and oxygen atoms in total. The Bertz CT molecular complexity index is 1310. The van der Waals surface area contributed by atoms with Crippen LogP contribution >= 0.6 is 11.6 Å². The van der Waals surface area contributed by atoms with Crippen LogP contribution in [-0.2, 0) is 21.0 Å². The Morgan fingerprint density at radius 1 is 1.09 bits per heavy atom. The lowest BCUT2D eigenvalue weighted by Gasteiger charge is -2.23. The van der Waals surface area contributed by atoms with Crippen LogP contribution in [0.2, 0.25) is 5.02 Å². The lowest BCUT2D eigenvalue weighted by molar-refractivity contribution is -0.137. The van der Waals surface area contributed by atoms with Gasteiger partial charge >= 0.3 is 6.18 Å². The van der Waals surface area contributed by atoms with Crippen LogP contribution in [0.15, 0.2) is 82.8 Å². The number of amides is 1. The fraction of sp³-hybridized carbons (Fsp3) is 0.130. The van der Waals surface area contributed by atoms with E-state index in [0.717, 1.165) is 22.7 Å². The summed E-state index contributed by atoms with van der Waals surface area (Å²) >= 11 is 5.90. The van der Waals surface area contributed by atoms with E-state index in [-0.39, 0.29) is 16.1 Å². The van der Waals surface area contributed by atoms with Crippen LogP contribution in [0.5, 0.6) is 5.75 Å². The van der Waals surface area contributed by atoms with E-state index in [2.05, 4.69) is 10.5 Å². The molecule has 35 heavy (non-hydrogen) atoms. The Labute approximate surface area is 204 Å². The van der Waals surface area contributed by atoms with Crippen molar-refractivity contribution in [1.29, 1.82) is 0 Å². The van der Waals surface area contributed by atoms with Crippen molar-refractivity contribution in [3.8, 4) is 5.75 Å². The van der Waals surface area contributed by atoms with Crippen LogP contribution in [0.25, 0.3) is 0 Å². The molecule has 0 aliphatic rings. The van der Waals surface area contributed by atoms with E-state index in [9.17, 15) is 26.4 Å². The second-order valence-electron chi connectivity index (χ2n) is 7.08. The molecule has 0 atom stereocenters. The number of nitrogens with one attached hydrogen (secondary N) is 1. The third kappa shape index (κ3) is 6.74. The van der Waals surface area contributed by atoms with Crippen LogP contribution in [0.4, 0.5) is 18.9 Å². The first kappa shape index (κ1) is 26.0. The molecule has 0 unspecified atom stereocenters. The van der Waals surface area contributed by atoms with Crippen molar-refractivity contribution in [1.82, 2.24) is 5.43 Å². The van der Waals surface area contributed by atoms with Crippen LogP contribution in [0.1, 0.15) is 11.1 Å². The summed E-state index contributed by atoms with van der Waals surface area (Å²) in [6.45, 7) is -0.657. The molecular weight excluding hydrogens is 507 g/mol. The normalized spacial score (nSPS) is 11.9. The van der Waals surface area contributed by atoms with Gasteiger partial charge in [0.15, 0.2) is 0 Å². The first-order valence-electron chi connectivity index (χ1n) is 9.92. The van der Waals surface area contributed by atoms with E-state index in [4.69, 9.17) is 16.3 Å². The van der Waals surface area contributed by atoms with E-state index in [1.54, 1.807) is 0 Å². The lowest BCUT2D eigenvalue weighted by atomic mass is 10.1. The van der Waals surface area contributed by atoms with Gasteiger partial charge in [-0.15, -0.1) is 0 Å². The monoisotopic (exact) mass is 525 g/mol. The van der Waals surface area contributed by atoms with Gasteiger partial charge in [-0.05, 0) is 66.2 Å². The van der Waals surface area contributed by atoms with Crippen molar-refractivity contribution in [2.75, 3.05) is 18.0 Å². The number of benzene rings is 3. The highest BCUT2D eigenvalue weighted by Gasteiger charge is 2.30. The van der Waals surface area contributed by atoms with E-state index in [1.165, 1.54) is 67.8 Å². The number of ether oxygens (including phenoxy) is 1. The number of nitrogens with zero attached hydrogens (tertiary/aromatic N) is 2. The van der Waals surface area contributed by atoms with Crippen molar-refractivity contribution in [3.05, 3.63) is 88.9 Å². The number of sulfonamides is 1. The third-order valence-electron chi connectivity index (χ3n) is 4.67. The Morgan fingerprint density at radius 2 is 1.74 bits per heavy atom. The molecule has 0 fully saturated rings. The van der Waals surface area contributed by atoms with Gasteiger partial charge in [0.05, 0.1) is 29.5 Å². The zero-order chi connectivity index (χ0) is 25.6. The number of rotatable bonds is 8. The molecule has 1 amide bonds. The summed E-state index contributed by atoms with van der Waals surface area (Å²) in [6.07, 6.45) is -3.50. The maximum atomic E-state index is 13.3. The molecule has 3 aromatic rings. The summed E-state index contributed by atoms with van der Waals surface area (Å²) in [7, 11) is -2.75. The molecule has 0 saturated carbocycles. The highest BCUT2D eigenvalue weighted by Crippen LogP contribution is 2.29. The number of carbonyl (C=O) groups excluding carboxylic acids is 1. The van der Waals surface area contributed by atoms with Crippen molar-refractivity contribution in [2.45, 2.75) is 11.1 Å². The van der Waals surface area contributed by atoms with Crippen molar-refractivity contribution in [2.24, 2.45) is 5.10 Å². The van der Waals surface area contributed by atoms with Crippen LogP contribution < -0.4 is 14.5 Å². The number of halogens is 4. The predicted molar refractivity (Wildman–Crippen MR) is 126 cm³/mol. The largest absolute Gasteiger partial charge is 0.497 e. The molecule has 0 radical (unpaired) electrons. The molecule has 0 aromatic heterocycles. The number of carbonyl (C=O) groups is 1. The number of anilines is 1. The van der Waals surface area contributed by atoms with E-state index in [1.807, 2.05) is 0 Å². The summed E-state index contributed by atoms with van der Waals surface area (Å²) in [5, 5.41) is 4.02. The first-order chi connectivity index (χ1) is 16.5. The molecule has 184 valence electrons. The molecule has 0 aliphatic carbocycles. The molecule has 1 N–H and O–H groups in total. The maximum absolute atomic E-state index is 13.3. The van der Waals surface area contributed by atoms with Gasteiger partial charge in [0.2, 0.25) is 0 Å². The van der Waals surface area contributed by atoms with E-state index >= 15 is 0 Å². The van der Waals surface area contributed by atoms with Gasteiger partial charge in [-0.3, -0.25) is 9.10 Å². The first-order valence-corrected chi connectivity index (χ1v) is 11.7. The summed E-state index contributed by atoms with van der Waals surface area (Å²) in [5.41, 5.74) is 1.54. The number of hydrogen-bond acceptors (Lipinski definition) is 5. The van der Waals surface area contributed by atoms with Gasteiger partial charge in [0.25, 0.3) is 15.9 Å². The predicted octanol–water partition coefficient (Wildman–Crippen LogP) is 4.71.